The Morgan fingerprint density at radius 3 is 2.35 bits per heavy atom. The highest BCUT2D eigenvalue weighted by atomic mass is 19.1. The second-order valence-corrected chi connectivity index (χ2v) is 8.64. The van der Waals surface area contributed by atoms with Crippen LogP contribution in [0.3, 0.4) is 0 Å². The molecule has 2 N–H and O–H groups in total. The first-order valence-corrected chi connectivity index (χ1v) is 11.6. The fourth-order valence-electron chi connectivity index (χ4n) is 4.03. The third-order valence-corrected chi connectivity index (χ3v) is 6.29. The molecule has 182 valence electrons. The number of nitrogens with zero attached hydrogens (tertiary/aromatic N) is 1. The Labute approximate surface area is 199 Å². The van der Waals surface area contributed by atoms with E-state index >= 15 is 0 Å². The van der Waals surface area contributed by atoms with Crippen molar-refractivity contribution in [2.45, 2.75) is 45.2 Å². The monoisotopic (exact) mass is 469 g/mol. The smallest absolute Gasteiger partial charge is 0.253 e. The highest BCUT2D eigenvalue weighted by Crippen LogP contribution is 2.23. The molecule has 2 aromatic carbocycles. The van der Waals surface area contributed by atoms with Gasteiger partial charge in [-0.25, -0.2) is 4.39 Å². The molecule has 1 aliphatic rings. The van der Waals surface area contributed by atoms with E-state index in [2.05, 4.69) is 10.6 Å². The molecule has 2 atom stereocenters. The molecule has 1 saturated heterocycles. The van der Waals surface area contributed by atoms with Gasteiger partial charge in [0.05, 0.1) is 7.11 Å². The van der Waals surface area contributed by atoms with E-state index in [1.807, 2.05) is 13.8 Å². The summed E-state index contributed by atoms with van der Waals surface area (Å²) in [6.45, 7) is 4.79. The van der Waals surface area contributed by atoms with E-state index < -0.39 is 11.9 Å². The third-order valence-electron chi connectivity index (χ3n) is 6.29. The number of carbonyl (C=O) groups is 3. The van der Waals surface area contributed by atoms with Crippen LogP contribution in [0.2, 0.25) is 0 Å². The predicted molar refractivity (Wildman–Crippen MR) is 127 cm³/mol. The summed E-state index contributed by atoms with van der Waals surface area (Å²) >= 11 is 0. The summed E-state index contributed by atoms with van der Waals surface area (Å²) in [6, 6.07) is 11.5. The lowest BCUT2D eigenvalue weighted by molar-refractivity contribution is -0.125. The number of ether oxygens (including phenoxy) is 1. The van der Waals surface area contributed by atoms with Crippen LogP contribution in [0.1, 0.15) is 53.8 Å². The van der Waals surface area contributed by atoms with E-state index in [1.54, 1.807) is 29.2 Å². The fourth-order valence-corrected chi connectivity index (χ4v) is 4.03. The number of likely N-dealkylation sites (tertiary alicyclic amines) is 1. The van der Waals surface area contributed by atoms with Crippen LogP contribution in [-0.2, 0) is 4.79 Å². The summed E-state index contributed by atoms with van der Waals surface area (Å²) in [5, 5.41) is 5.89. The van der Waals surface area contributed by atoms with E-state index in [9.17, 15) is 18.8 Å². The number of carbonyl (C=O) groups excluding carboxylic acids is 3. The van der Waals surface area contributed by atoms with E-state index in [4.69, 9.17) is 4.74 Å². The van der Waals surface area contributed by atoms with Crippen LogP contribution in [0.15, 0.2) is 48.5 Å². The Kier molecular flexibility index (Phi) is 8.62. The molecule has 1 fully saturated rings. The van der Waals surface area contributed by atoms with Crippen LogP contribution in [0.25, 0.3) is 0 Å². The molecular formula is C26H32FN3O4. The summed E-state index contributed by atoms with van der Waals surface area (Å²) in [4.78, 5) is 40.5. The molecule has 3 rings (SSSR count). The maximum atomic E-state index is 13.2. The van der Waals surface area contributed by atoms with Crippen molar-refractivity contribution in [3.05, 3.63) is 65.5 Å². The second kappa shape index (κ2) is 11.6. The van der Waals surface area contributed by atoms with Crippen molar-refractivity contribution in [1.82, 2.24) is 15.5 Å². The van der Waals surface area contributed by atoms with Crippen molar-refractivity contribution in [2.24, 2.45) is 5.92 Å². The van der Waals surface area contributed by atoms with Crippen molar-refractivity contribution >= 4 is 17.7 Å². The SMILES string of the molecule is CC[C@H](C)NC(=O)[C@@H](NC(=O)c1cccc(OC)c1)C1CCN(C(=O)c2ccc(F)cc2)CC1. The molecule has 1 aliphatic heterocycles. The van der Waals surface area contributed by atoms with Crippen LogP contribution >= 0.6 is 0 Å². The van der Waals surface area contributed by atoms with Gasteiger partial charge < -0.3 is 20.3 Å². The number of hydrogen-bond acceptors (Lipinski definition) is 4. The first-order valence-electron chi connectivity index (χ1n) is 11.6. The molecule has 8 heteroatoms. The maximum absolute atomic E-state index is 13.2. The number of piperidine rings is 1. The number of halogens is 1. The molecule has 0 unspecified atom stereocenters. The van der Waals surface area contributed by atoms with Crippen molar-refractivity contribution in [3.8, 4) is 5.75 Å². The molecular weight excluding hydrogens is 437 g/mol. The van der Waals surface area contributed by atoms with Crippen LogP contribution in [-0.4, -0.2) is 54.9 Å². The average Bonchev–Trinajstić information content (AvgIpc) is 2.87. The molecule has 0 aromatic heterocycles. The predicted octanol–water partition coefficient (Wildman–Crippen LogP) is 3.40. The quantitative estimate of drug-likeness (QED) is 0.620. The van der Waals surface area contributed by atoms with Crippen LogP contribution in [0, 0.1) is 11.7 Å². The minimum atomic E-state index is -0.726. The van der Waals surface area contributed by atoms with Gasteiger partial charge in [0.15, 0.2) is 0 Å². The topological polar surface area (TPSA) is 87.7 Å². The Hall–Kier alpha value is -3.42. The summed E-state index contributed by atoms with van der Waals surface area (Å²) in [6.07, 6.45) is 1.89. The normalized spacial score (nSPS) is 15.8. The third kappa shape index (κ3) is 6.34. The van der Waals surface area contributed by atoms with Gasteiger partial charge in [0.25, 0.3) is 11.8 Å². The van der Waals surface area contributed by atoms with Crippen LogP contribution < -0.4 is 15.4 Å². The van der Waals surface area contributed by atoms with Gasteiger partial charge in [-0.1, -0.05) is 13.0 Å². The van der Waals surface area contributed by atoms with Crippen molar-refractivity contribution in [2.75, 3.05) is 20.2 Å². The summed E-state index contributed by atoms with van der Waals surface area (Å²) in [7, 11) is 1.53. The van der Waals surface area contributed by atoms with Crippen molar-refractivity contribution in [3.63, 3.8) is 0 Å². The number of nitrogens with one attached hydrogen (secondary N) is 2. The van der Waals surface area contributed by atoms with Crippen molar-refractivity contribution < 1.29 is 23.5 Å². The van der Waals surface area contributed by atoms with Gasteiger partial charge in [0.2, 0.25) is 5.91 Å². The fraction of sp³-hybridized carbons (Fsp3) is 0.423. The molecule has 1 heterocycles. The standard InChI is InChI=1S/C26H32FN3O4/c1-4-17(2)28-25(32)23(29-24(31)20-6-5-7-22(16-20)34-3)18-12-14-30(15-13-18)26(33)19-8-10-21(27)11-9-19/h5-11,16-18,23H,4,12-15H2,1-3H3,(H,28,32)(H,29,31)/t17-,23-/m0/s1. The zero-order valence-electron chi connectivity index (χ0n) is 19.8. The van der Waals surface area contributed by atoms with E-state index in [0.717, 1.165) is 6.42 Å². The summed E-state index contributed by atoms with van der Waals surface area (Å²) < 4.78 is 18.4. The minimum absolute atomic E-state index is 0.0242. The van der Waals surface area contributed by atoms with Gasteiger partial charge in [-0.15, -0.1) is 0 Å². The van der Waals surface area contributed by atoms with Gasteiger partial charge >= 0.3 is 0 Å². The molecule has 3 amide bonds. The van der Waals surface area contributed by atoms with E-state index in [1.165, 1.54) is 31.4 Å². The van der Waals surface area contributed by atoms with Gasteiger partial charge in [-0.2, -0.15) is 0 Å². The zero-order chi connectivity index (χ0) is 24.7. The number of methoxy groups -OCH3 is 1. The number of benzene rings is 2. The Morgan fingerprint density at radius 2 is 1.74 bits per heavy atom. The average molecular weight is 470 g/mol. The maximum Gasteiger partial charge on any atom is 0.253 e. The molecule has 0 aliphatic carbocycles. The molecule has 0 bridgehead atoms. The Balaban J connectivity index is 1.70. The van der Waals surface area contributed by atoms with Crippen molar-refractivity contribution in [1.29, 1.82) is 0 Å². The van der Waals surface area contributed by atoms with Crippen LogP contribution in [0.5, 0.6) is 5.75 Å². The van der Waals surface area contributed by atoms with Gasteiger partial charge in [0, 0.05) is 30.3 Å². The highest BCUT2D eigenvalue weighted by molar-refractivity contribution is 5.98. The molecule has 0 spiro atoms. The summed E-state index contributed by atoms with van der Waals surface area (Å²) in [5.74, 6) is -0.713. The number of amides is 3. The molecule has 2 aromatic rings. The van der Waals surface area contributed by atoms with E-state index in [0.29, 0.717) is 42.8 Å². The lowest BCUT2D eigenvalue weighted by atomic mass is 9.88. The van der Waals surface area contributed by atoms with Crippen LogP contribution in [0.4, 0.5) is 4.39 Å². The molecule has 0 saturated carbocycles. The Morgan fingerprint density at radius 1 is 1.06 bits per heavy atom. The zero-order valence-corrected chi connectivity index (χ0v) is 19.8. The lowest BCUT2D eigenvalue weighted by Gasteiger charge is -2.36. The lowest BCUT2D eigenvalue weighted by Crippen LogP contribution is -2.55. The van der Waals surface area contributed by atoms with Gasteiger partial charge in [-0.05, 0) is 74.6 Å². The van der Waals surface area contributed by atoms with E-state index in [-0.39, 0.29) is 29.7 Å². The molecule has 34 heavy (non-hydrogen) atoms. The number of hydrogen-bond donors (Lipinski definition) is 2. The minimum Gasteiger partial charge on any atom is -0.497 e. The first kappa shape index (κ1) is 25.2. The largest absolute Gasteiger partial charge is 0.497 e. The first-order chi connectivity index (χ1) is 16.3. The van der Waals surface area contributed by atoms with Gasteiger partial charge in [-0.3, -0.25) is 14.4 Å². The molecule has 0 radical (unpaired) electrons. The van der Waals surface area contributed by atoms with Gasteiger partial charge in [0.1, 0.15) is 17.6 Å². The summed E-state index contributed by atoms with van der Waals surface area (Å²) in [5.41, 5.74) is 0.835. The Bertz CT molecular complexity index is 1000. The second-order valence-electron chi connectivity index (χ2n) is 8.64. The highest BCUT2D eigenvalue weighted by Gasteiger charge is 2.34. The molecule has 7 nitrogen and oxygen atoms in total. The number of rotatable bonds is 8.